The van der Waals surface area contributed by atoms with E-state index in [1.165, 1.54) is 11.1 Å². The summed E-state index contributed by atoms with van der Waals surface area (Å²) in [5.74, 6) is 0.964. The Hall–Kier alpha value is -2.92. The monoisotopic (exact) mass is 333 g/mol. The van der Waals surface area contributed by atoms with Crippen molar-refractivity contribution in [3.63, 3.8) is 0 Å². The average Bonchev–Trinajstić information content (AvgIpc) is 3.00. The standard InChI is InChI=1S/C19H15N3OS/c1-12-4-2-5-13(8-12)17-10-16-18(24-17)19(21-11-20-16)22-14-6-3-7-15(23)9-14/h2-11,23H,1H3,(H,20,21,22). The van der Waals surface area contributed by atoms with Gasteiger partial charge in [-0.3, -0.25) is 0 Å². The highest BCUT2D eigenvalue weighted by atomic mass is 32.1. The molecule has 0 saturated carbocycles. The highest BCUT2D eigenvalue weighted by Gasteiger charge is 2.11. The van der Waals surface area contributed by atoms with E-state index in [9.17, 15) is 5.11 Å². The first-order valence-corrected chi connectivity index (χ1v) is 8.38. The van der Waals surface area contributed by atoms with Crippen LogP contribution in [0.1, 0.15) is 5.56 Å². The number of aromatic hydroxyl groups is 1. The molecular weight excluding hydrogens is 318 g/mol. The first-order valence-electron chi connectivity index (χ1n) is 7.57. The first kappa shape index (κ1) is 14.7. The molecule has 0 spiro atoms. The fourth-order valence-electron chi connectivity index (χ4n) is 2.60. The molecule has 118 valence electrons. The van der Waals surface area contributed by atoms with Gasteiger partial charge in [0.2, 0.25) is 0 Å². The molecule has 4 nitrogen and oxygen atoms in total. The maximum atomic E-state index is 9.61. The summed E-state index contributed by atoms with van der Waals surface area (Å²) in [6, 6.07) is 17.5. The number of phenolic OH excluding ortho intramolecular Hbond substituents is 1. The van der Waals surface area contributed by atoms with Gasteiger partial charge in [0.05, 0.1) is 10.2 Å². The zero-order valence-corrected chi connectivity index (χ0v) is 13.8. The van der Waals surface area contributed by atoms with Gasteiger partial charge >= 0.3 is 0 Å². The van der Waals surface area contributed by atoms with Crippen LogP contribution >= 0.6 is 11.3 Å². The van der Waals surface area contributed by atoms with E-state index in [1.807, 2.05) is 6.07 Å². The van der Waals surface area contributed by atoms with Crippen LogP contribution in [-0.2, 0) is 0 Å². The lowest BCUT2D eigenvalue weighted by Gasteiger charge is -2.06. The first-order chi connectivity index (χ1) is 11.7. The smallest absolute Gasteiger partial charge is 0.151 e. The summed E-state index contributed by atoms with van der Waals surface area (Å²) in [5.41, 5.74) is 4.12. The van der Waals surface area contributed by atoms with Gasteiger partial charge in [-0.2, -0.15) is 0 Å². The topological polar surface area (TPSA) is 58.0 Å². The summed E-state index contributed by atoms with van der Waals surface area (Å²) < 4.78 is 0.998. The number of nitrogens with zero attached hydrogens (tertiary/aromatic N) is 2. The molecule has 0 aliphatic carbocycles. The molecule has 2 aromatic heterocycles. The number of aryl methyl sites for hydroxylation is 1. The van der Waals surface area contributed by atoms with Gasteiger partial charge in [-0.05, 0) is 30.7 Å². The third-order valence-corrected chi connectivity index (χ3v) is 4.90. The molecule has 5 heteroatoms. The number of phenols is 1. The van der Waals surface area contributed by atoms with Crippen molar-refractivity contribution in [2.24, 2.45) is 0 Å². The number of hydrogen-bond acceptors (Lipinski definition) is 5. The molecule has 4 aromatic rings. The summed E-state index contributed by atoms with van der Waals surface area (Å²) in [7, 11) is 0. The maximum Gasteiger partial charge on any atom is 0.151 e. The van der Waals surface area contributed by atoms with Crippen LogP contribution < -0.4 is 5.32 Å². The Morgan fingerprint density at radius 2 is 1.88 bits per heavy atom. The van der Waals surface area contributed by atoms with Gasteiger partial charge in [0.1, 0.15) is 12.1 Å². The number of thiophene rings is 1. The van der Waals surface area contributed by atoms with Gasteiger partial charge in [0.15, 0.2) is 5.82 Å². The number of hydrogen-bond donors (Lipinski definition) is 2. The number of nitrogens with one attached hydrogen (secondary N) is 1. The van der Waals surface area contributed by atoms with Crippen molar-refractivity contribution < 1.29 is 5.11 Å². The minimum atomic E-state index is 0.219. The second kappa shape index (κ2) is 5.94. The van der Waals surface area contributed by atoms with Crippen molar-refractivity contribution >= 4 is 33.1 Å². The lowest BCUT2D eigenvalue weighted by molar-refractivity contribution is 0.475. The Balaban J connectivity index is 1.77. The number of benzene rings is 2. The quantitative estimate of drug-likeness (QED) is 0.546. The van der Waals surface area contributed by atoms with Gasteiger partial charge in [-0.15, -0.1) is 11.3 Å². The number of aromatic nitrogens is 2. The zero-order valence-electron chi connectivity index (χ0n) is 13.0. The molecule has 0 aliphatic heterocycles. The molecule has 2 N–H and O–H groups in total. The highest BCUT2D eigenvalue weighted by molar-refractivity contribution is 7.22. The van der Waals surface area contributed by atoms with Crippen LogP contribution in [0, 0.1) is 6.92 Å². The van der Waals surface area contributed by atoms with Crippen LogP contribution in [0.25, 0.3) is 20.7 Å². The zero-order chi connectivity index (χ0) is 16.5. The molecule has 0 fully saturated rings. The molecular formula is C19H15N3OS. The molecule has 0 amide bonds. The molecule has 0 saturated heterocycles. The summed E-state index contributed by atoms with van der Waals surface area (Å²) in [4.78, 5) is 9.90. The normalized spacial score (nSPS) is 10.9. The summed E-state index contributed by atoms with van der Waals surface area (Å²) in [6.45, 7) is 2.09. The van der Waals surface area contributed by atoms with Crippen LogP contribution in [0.3, 0.4) is 0 Å². The summed E-state index contributed by atoms with van der Waals surface area (Å²) >= 11 is 1.66. The highest BCUT2D eigenvalue weighted by Crippen LogP contribution is 2.36. The Labute approximate surface area is 143 Å². The maximum absolute atomic E-state index is 9.61. The summed E-state index contributed by atoms with van der Waals surface area (Å²) in [5, 5.41) is 12.9. The number of fused-ring (bicyclic) bond motifs is 1. The Kier molecular flexibility index (Phi) is 3.63. The fraction of sp³-hybridized carbons (Fsp3) is 0.0526. The van der Waals surface area contributed by atoms with Gasteiger partial charge in [0, 0.05) is 16.6 Å². The van der Waals surface area contributed by atoms with Crippen molar-refractivity contribution in [3.8, 4) is 16.2 Å². The molecule has 0 unspecified atom stereocenters. The molecule has 0 radical (unpaired) electrons. The van der Waals surface area contributed by atoms with Crippen LogP contribution in [0.5, 0.6) is 5.75 Å². The van der Waals surface area contributed by atoms with Crippen molar-refractivity contribution in [3.05, 3.63) is 66.5 Å². The van der Waals surface area contributed by atoms with E-state index < -0.39 is 0 Å². The van der Waals surface area contributed by atoms with Gasteiger partial charge in [0.25, 0.3) is 0 Å². The Morgan fingerprint density at radius 1 is 1.00 bits per heavy atom. The van der Waals surface area contributed by atoms with E-state index in [0.29, 0.717) is 0 Å². The third kappa shape index (κ3) is 2.81. The minimum Gasteiger partial charge on any atom is -0.508 e. The van der Waals surface area contributed by atoms with Crippen LogP contribution in [-0.4, -0.2) is 15.1 Å². The molecule has 24 heavy (non-hydrogen) atoms. The van der Waals surface area contributed by atoms with Gasteiger partial charge < -0.3 is 10.4 Å². The van der Waals surface area contributed by atoms with Gasteiger partial charge in [-0.1, -0.05) is 35.9 Å². The SMILES string of the molecule is Cc1cccc(-c2cc3ncnc(Nc4cccc(O)c4)c3s2)c1. The molecule has 4 rings (SSSR count). The average molecular weight is 333 g/mol. The molecule has 2 heterocycles. The van der Waals surface area contributed by atoms with Crippen molar-refractivity contribution in [2.45, 2.75) is 6.92 Å². The van der Waals surface area contributed by atoms with E-state index in [1.54, 1.807) is 35.9 Å². The third-order valence-electron chi connectivity index (χ3n) is 3.72. The Morgan fingerprint density at radius 3 is 2.71 bits per heavy atom. The largest absolute Gasteiger partial charge is 0.508 e. The molecule has 0 bridgehead atoms. The second-order valence-electron chi connectivity index (χ2n) is 5.59. The van der Waals surface area contributed by atoms with E-state index in [-0.39, 0.29) is 5.75 Å². The lowest BCUT2D eigenvalue weighted by Crippen LogP contribution is -1.93. The molecule has 0 aliphatic rings. The molecule has 2 aromatic carbocycles. The van der Waals surface area contributed by atoms with Crippen molar-refractivity contribution in [1.82, 2.24) is 9.97 Å². The summed E-state index contributed by atoms with van der Waals surface area (Å²) in [6.07, 6.45) is 1.56. The van der Waals surface area contributed by atoms with E-state index in [0.717, 1.165) is 26.6 Å². The van der Waals surface area contributed by atoms with Crippen molar-refractivity contribution in [2.75, 3.05) is 5.32 Å². The number of rotatable bonds is 3. The van der Waals surface area contributed by atoms with E-state index >= 15 is 0 Å². The molecule has 0 atom stereocenters. The predicted octanol–water partition coefficient (Wildman–Crippen LogP) is 5.12. The number of anilines is 2. The fourth-order valence-corrected chi connectivity index (χ4v) is 3.66. The van der Waals surface area contributed by atoms with E-state index in [2.05, 4.69) is 52.5 Å². The van der Waals surface area contributed by atoms with Crippen LogP contribution in [0.2, 0.25) is 0 Å². The van der Waals surface area contributed by atoms with Crippen LogP contribution in [0.4, 0.5) is 11.5 Å². The predicted molar refractivity (Wildman–Crippen MR) is 99.0 cm³/mol. The van der Waals surface area contributed by atoms with Crippen molar-refractivity contribution in [1.29, 1.82) is 0 Å². The van der Waals surface area contributed by atoms with E-state index in [4.69, 9.17) is 0 Å². The lowest BCUT2D eigenvalue weighted by atomic mass is 10.1. The van der Waals surface area contributed by atoms with Gasteiger partial charge in [-0.25, -0.2) is 9.97 Å². The van der Waals surface area contributed by atoms with Crippen LogP contribution in [0.15, 0.2) is 60.9 Å². The Bertz CT molecular complexity index is 1030. The minimum absolute atomic E-state index is 0.219. The second-order valence-corrected chi connectivity index (χ2v) is 6.64.